The zero-order valence-electron chi connectivity index (χ0n) is 11.8. The highest BCUT2D eigenvalue weighted by Crippen LogP contribution is 2.26. The van der Waals surface area contributed by atoms with Crippen molar-refractivity contribution >= 4 is 50.0 Å². The highest BCUT2D eigenvalue weighted by atomic mass is 32.2. The minimum absolute atomic E-state index is 0.0354. The van der Waals surface area contributed by atoms with Gasteiger partial charge in [0.05, 0.1) is 20.9 Å². The van der Waals surface area contributed by atoms with E-state index in [0.29, 0.717) is 5.13 Å². The van der Waals surface area contributed by atoms with Gasteiger partial charge in [-0.25, -0.2) is 4.98 Å². The van der Waals surface area contributed by atoms with E-state index in [1.165, 1.54) is 35.2 Å². The van der Waals surface area contributed by atoms with Crippen LogP contribution >= 0.6 is 23.1 Å². The summed E-state index contributed by atoms with van der Waals surface area (Å²) in [7, 11) is 0. The number of thioether (sulfide) groups is 1. The lowest BCUT2D eigenvalue weighted by Gasteiger charge is -2.02. The summed E-state index contributed by atoms with van der Waals surface area (Å²) >= 11 is 2.74. The average Bonchev–Trinajstić information content (AvgIpc) is 2.95. The predicted octanol–water partition coefficient (Wildman–Crippen LogP) is 3.94. The fourth-order valence-electron chi connectivity index (χ4n) is 1.89. The normalized spacial score (nSPS) is 10.6. The third-order valence-electron chi connectivity index (χ3n) is 2.96. The SMILES string of the molecule is O=C(CSc1ccc([N+](=O)[O-])cc1)Nc1nc2ccccc2s1. The number of fused-ring (bicyclic) bond motifs is 1. The second-order valence-corrected chi connectivity index (χ2v) is 6.65. The summed E-state index contributed by atoms with van der Waals surface area (Å²) in [5, 5.41) is 13.9. The topological polar surface area (TPSA) is 85.1 Å². The summed E-state index contributed by atoms with van der Waals surface area (Å²) in [6.07, 6.45) is 0. The number of rotatable bonds is 5. The summed E-state index contributed by atoms with van der Waals surface area (Å²) < 4.78 is 1.02. The van der Waals surface area contributed by atoms with Gasteiger partial charge in [-0.3, -0.25) is 14.9 Å². The molecule has 0 aliphatic heterocycles. The van der Waals surface area contributed by atoms with E-state index in [9.17, 15) is 14.9 Å². The molecule has 0 saturated carbocycles. The van der Waals surface area contributed by atoms with Crippen molar-refractivity contribution in [2.24, 2.45) is 0 Å². The number of nitro benzene ring substituents is 1. The molecule has 0 atom stereocenters. The zero-order valence-corrected chi connectivity index (χ0v) is 13.4. The Labute approximate surface area is 139 Å². The van der Waals surface area contributed by atoms with Gasteiger partial charge in [-0.1, -0.05) is 23.5 Å². The zero-order chi connectivity index (χ0) is 16.2. The molecule has 0 radical (unpaired) electrons. The monoisotopic (exact) mass is 345 g/mol. The largest absolute Gasteiger partial charge is 0.301 e. The standard InChI is InChI=1S/C15H11N3O3S2/c19-14(9-22-11-7-5-10(6-8-11)18(20)21)17-15-16-12-3-1-2-4-13(12)23-15/h1-8H,9H2,(H,16,17,19). The lowest BCUT2D eigenvalue weighted by Crippen LogP contribution is -2.13. The van der Waals surface area contributed by atoms with E-state index in [2.05, 4.69) is 10.3 Å². The maximum Gasteiger partial charge on any atom is 0.269 e. The van der Waals surface area contributed by atoms with Crippen LogP contribution in [-0.2, 0) is 4.79 Å². The average molecular weight is 345 g/mol. The van der Waals surface area contributed by atoms with Crippen molar-refractivity contribution in [3.8, 4) is 0 Å². The molecule has 0 aliphatic carbocycles. The van der Waals surface area contributed by atoms with Crippen LogP contribution < -0.4 is 5.32 Å². The molecule has 3 rings (SSSR count). The van der Waals surface area contributed by atoms with Crippen LogP contribution in [-0.4, -0.2) is 21.6 Å². The molecule has 0 aliphatic rings. The molecule has 0 spiro atoms. The first kappa shape index (κ1) is 15.4. The number of nitro groups is 1. The van der Waals surface area contributed by atoms with Crippen LogP contribution in [0.5, 0.6) is 0 Å². The summed E-state index contributed by atoms with van der Waals surface area (Å²) in [4.78, 5) is 27.2. The number of hydrogen-bond acceptors (Lipinski definition) is 6. The highest BCUT2D eigenvalue weighted by molar-refractivity contribution is 8.00. The fourth-order valence-corrected chi connectivity index (χ4v) is 3.47. The number of benzene rings is 2. The minimum Gasteiger partial charge on any atom is -0.301 e. The Hall–Kier alpha value is -2.45. The van der Waals surface area contributed by atoms with E-state index in [-0.39, 0.29) is 17.3 Å². The van der Waals surface area contributed by atoms with Crippen molar-refractivity contribution in [3.05, 3.63) is 58.6 Å². The van der Waals surface area contributed by atoms with E-state index >= 15 is 0 Å². The van der Waals surface area contributed by atoms with Gasteiger partial charge in [-0.2, -0.15) is 0 Å². The van der Waals surface area contributed by atoms with E-state index < -0.39 is 4.92 Å². The molecule has 1 N–H and O–H groups in total. The Morgan fingerprint density at radius 3 is 2.65 bits per heavy atom. The van der Waals surface area contributed by atoms with Crippen LogP contribution in [0.3, 0.4) is 0 Å². The number of carbonyl (C=O) groups excluding carboxylic acids is 1. The first-order valence-electron chi connectivity index (χ1n) is 6.64. The second kappa shape index (κ2) is 6.76. The number of non-ortho nitro benzene ring substituents is 1. The second-order valence-electron chi connectivity index (χ2n) is 4.57. The van der Waals surface area contributed by atoms with Crippen molar-refractivity contribution in [2.75, 3.05) is 11.1 Å². The van der Waals surface area contributed by atoms with Crippen LogP contribution in [0.25, 0.3) is 10.2 Å². The smallest absolute Gasteiger partial charge is 0.269 e. The maximum atomic E-state index is 12.0. The third kappa shape index (κ3) is 3.85. The molecule has 1 aromatic heterocycles. The molecule has 23 heavy (non-hydrogen) atoms. The fraction of sp³-hybridized carbons (Fsp3) is 0.0667. The first-order chi connectivity index (χ1) is 11.1. The predicted molar refractivity (Wildman–Crippen MR) is 92.1 cm³/mol. The molecule has 0 fully saturated rings. The van der Waals surface area contributed by atoms with Crippen molar-refractivity contribution in [2.45, 2.75) is 4.90 Å². The number of nitrogens with one attached hydrogen (secondary N) is 1. The van der Waals surface area contributed by atoms with Crippen LogP contribution in [0, 0.1) is 10.1 Å². The Morgan fingerprint density at radius 1 is 1.22 bits per heavy atom. The number of para-hydroxylation sites is 1. The molecule has 0 bridgehead atoms. The van der Waals surface area contributed by atoms with Gasteiger partial charge in [0.2, 0.25) is 5.91 Å². The number of nitrogens with zero attached hydrogens (tertiary/aromatic N) is 2. The van der Waals surface area contributed by atoms with Gasteiger partial charge in [0, 0.05) is 17.0 Å². The Bertz CT molecular complexity index is 829. The number of carbonyl (C=O) groups is 1. The summed E-state index contributed by atoms with van der Waals surface area (Å²) in [5.74, 6) is 0.0562. The number of hydrogen-bond donors (Lipinski definition) is 1. The van der Waals surface area contributed by atoms with Crippen LogP contribution in [0.4, 0.5) is 10.8 Å². The molecule has 0 saturated heterocycles. The molecule has 6 nitrogen and oxygen atoms in total. The molecule has 3 aromatic rings. The molecule has 116 valence electrons. The van der Waals surface area contributed by atoms with E-state index in [1.54, 1.807) is 12.1 Å². The molecular weight excluding hydrogens is 334 g/mol. The van der Waals surface area contributed by atoms with Gasteiger partial charge >= 0.3 is 0 Å². The highest BCUT2D eigenvalue weighted by Gasteiger charge is 2.09. The van der Waals surface area contributed by atoms with E-state index in [0.717, 1.165) is 15.1 Å². The minimum atomic E-state index is -0.450. The Morgan fingerprint density at radius 2 is 1.96 bits per heavy atom. The van der Waals surface area contributed by atoms with Crippen molar-refractivity contribution < 1.29 is 9.72 Å². The Balaban J connectivity index is 1.57. The molecule has 1 amide bonds. The number of aromatic nitrogens is 1. The first-order valence-corrected chi connectivity index (χ1v) is 8.45. The Kier molecular flexibility index (Phi) is 4.54. The molecule has 0 unspecified atom stereocenters. The molecule has 1 heterocycles. The van der Waals surface area contributed by atoms with Gasteiger partial charge in [-0.05, 0) is 24.3 Å². The summed E-state index contributed by atoms with van der Waals surface area (Å²) in [6.45, 7) is 0. The number of thiazole rings is 1. The van der Waals surface area contributed by atoms with Gasteiger partial charge in [0.1, 0.15) is 0 Å². The lowest BCUT2D eigenvalue weighted by molar-refractivity contribution is -0.384. The van der Waals surface area contributed by atoms with E-state index in [1.807, 2.05) is 24.3 Å². The van der Waals surface area contributed by atoms with E-state index in [4.69, 9.17) is 0 Å². The van der Waals surface area contributed by atoms with Crippen LogP contribution in [0.15, 0.2) is 53.4 Å². The molecule has 8 heteroatoms. The van der Waals surface area contributed by atoms with Crippen molar-refractivity contribution in [1.29, 1.82) is 0 Å². The number of anilines is 1. The number of amides is 1. The van der Waals surface area contributed by atoms with Crippen LogP contribution in [0.2, 0.25) is 0 Å². The lowest BCUT2D eigenvalue weighted by atomic mass is 10.3. The third-order valence-corrected chi connectivity index (χ3v) is 4.92. The maximum absolute atomic E-state index is 12.0. The van der Waals surface area contributed by atoms with Crippen LogP contribution in [0.1, 0.15) is 0 Å². The van der Waals surface area contributed by atoms with Gasteiger partial charge in [-0.15, -0.1) is 11.8 Å². The quantitative estimate of drug-likeness (QED) is 0.430. The molecular formula is C15H11N3O3S2. The summed E-state index contributed by atoms with van der Waals surface area (Å²) in [5.41, 5.74) is 0.893. The van der Waals surface area contributed by atoms with Gasteiger partial charge in [0.25, 0.3) is 5.69 Å². The van der Waals surface area contributed by atoms with Gasteiger partial charge < -0.3 is 5.32 Å². The van der Waals surface area contributed by atoms with Crippen molar-refractivity contribution in [1.82, 2.24) is 4.98 Å². The van der Waals surface area contributed by atoms with Crippen molar-refractivity contribution in [3.63, 3.8) is 0 Å². The summed E-state index contributed by atoms with van der Waals surface area (Å²) in [6, 6.07) is 13.8. The molecule has 2 aromatic carbocycles. The van der Waals surface area contributed by atoms with Gasteiger partial charge in [0.15, 0.2) is 5.13 Å².